The lowest BCUT2D eigenvalue weighted by atomic mass is 10.0. The molecule has 6 nitrogen and oxygen atoms in total. The third kappa shape index (κ3) is 3.04. The van der Waals surface area contributed by atoms with Crippen molar-refractivity contribution in [2.24, 2.45) is 5.92 Å². The highest BCUT2D eigenvalue weighted by Gasteiger charge is 2.32. The van der Waals surface area contributed by atoms with Gasteiger partial charge in [-0.15, -0.1) is 0 Å². The first-order valence-electron chi connectivity index (χ1n) is 7.25. The Labute approximate surface area is 136 Å². The predicted octanol–water partition coefficient (Wildman–Crippen LogP) is 2.39. The van der Waals surface area contributed by atoms with E-state index in [2.05, 4.69) is 21.2 Å². The molecule has 0 aromatic heterocycles. The number of rotatable bonds is 2. The number of urea groups is 1. The fourth-order valence-electron chi connectivity index (χ4n) is 2.90. The number of hydrogen-bond donors (Lipinski definition) is 2. The summed E-state index contributed by atoms with van der Waals surface area (Å²) in [5, 5.41) is 12.0. The largest absolute Gasteiger partial charge is 0.493 e. The number of carboxylic acid groups (broad SMARTS) is 1. The van der Waals surface area contributed by atoms with Gasteiger partial charge in [-0.1, -0.05) is 15.9 Å². The number of carbonyl (C=O) groups excluding carboxylic acids is 1. The standard InChI is InChI=1S/C15H17BrN2O4/c16-10-1-2-13-11(7-10)12(4-6-22-13)17-15(21)18-5-3-9(8-18)14(19)20/h1-2,7,9,12H,3-6,8H2,(H,17,21)(H,19,20). The second kappa shape index (κ2) is 6.16. The van der Waals surface area contributed by atoms with Crippen LogP contribution in [-0.4, -0.2) is 41.7 Å². The van der Waals surface area contributed by atoms with E-state index in [9.17, 15) is 9.59 Å². The summed E-state index contributed by atoms with van der Waals surface area (Å²) in [7, 11) is 0. The quantitative estimate of drug-likeness (QED) is 0.839. The lowest BCUT2D eigenvalue weighted by Gasteiger charge is -2.28. The molecule has 2 amide bonds. The highest BCUT2D eigenvalue weighted by molar-refractivity contribution is 9.10. The summed E-state index contributed by atoms with van der Waals surface area (Å²) in [6.45, 7) is 1.31. The Hall–Kier alpha value is -1.76. The van der Waals surface area contributed by atoms with E-state index < -0.39 is 11.9 Å². The number of aliphatic carboxylic acids is 1. The molecule has 0 spiro atoms. The van der Waals surface area contributed by atoms with Crippen molar-refractivity contribution in [3.63, 3.8) is 0 Å². The van der Waals surface area contributed by atoms with E-state index in [0.29, 0.717) is 26.0 Å². The zero-order chi connectivity index (χ0) is 15.7. The molecule has 1 fully saturated rings. The maximum absolute atomic E-state index is 12.3. The molecule has 0 bridgehead atoms. The number of nitrogens with zero attached hydrogens (tertiary/aromatic N) is 1. The second-order valence-electron chi connectivity index (χ2n) is 5.59. The zero-order valence-corrected chi connectivity index (χ0v) is 13.5. The summed E-state index contributed by atoms with van der Waals surface area (Å²) in [6, 6.07) is 5.41. The van der Waals surface area contributed by atoms with Gasteiger partial charge in [-0.2, -0.15) is 0 Å². The molecule has 0 saturated carbocycles. The number of fused-ring (bicyclic) bond motifs is 1. The molecule has 1 aromatic carbocycles. The molecular weight excluding hydrogens is 352 g/mol. The molecule has 1 saturated heterocycles. The molecule has 0 aliphatic carbocycles. The van der Waals surface area contributed by atoms with Crippen molar-refractivity contribution in [2.45, 2.75) is 18.9 Å². The van der Waals surface area contributed by atoms with Gasteiger partial charge >= 0.3 is 12.0 Å². The van der Waals surface area contributed by atoms with Crippen molar-refractivity contribution in [3.05, 3.63) is 28.2 Å². The maximum Gasteiger partial charge on any atom is 0.317 e. The average Bonchev–Trinajstić information content (AvgIpc) is 2.98. The number of amides is 2. The Morgan fingerprint density at radius 1 is 1.36 bits per heavy atom. The average molecular weight is 369 g/mol. The van der Waals surface area contributed by atoms with Crippen LogP contribution in [0.4, 0.5) is 4.79 Å². The zero-order valence-electron chi connectivity index (χ0n) is 11.9. The Morgan fingerprint density at radius 3 is 2.91 bits per heavy atom. The lowest BCUT2D eigenvalue weighted by molar-refractivity contribution is -0.141. The van der Waals surface area contributed by atoms with E-state index in [1.165, 1.54) is 0 Å². The number of likely N-dealkylation sites (tertiary alicyclic amines) is 1. The van der Waals surface area contributed by atoms with Gasteiger partial charge in [-0.05, 0) is 24.6 Å². The number of ether oxygens (including phenoxy) is 1. The van der Waals surface area contributed by atoms with Gasteiger partial charge in [-0.3, -0.25) is 4.79 Å². The van der Waals surface area contributed by atoms with Crippen molar-refractivity contribution in [1.82, 2.24) is 10.2 Å². The normalized spacial score (nSPS) is 23.6. The summed E-state index contributed by atoms with van der Waals surface area (Å²) in [4.78, 5) is 24.9. The van der Waals surface area contributed by atoms with Crippen LogP contribution in [-0.2, 0) is 4.79 Å². The van der Waals surface area contributed by atoms with Crippen LogP contribution in [0.3, 0.4) is 0 Å². The molecule has 7 heteroatoms. The molecule has 118 valence electrons. The molecule has 2 unspecified atom stereocenters. The van der Waals surface area contributed by atoms with Gasteiger partial charge in [0.25, 0.3) is 0 Å². The molecule has 2 N–H and O–H groups in total. The Balaban J connectivity index is 1.68. The van der Waals surface area contributed by atoms with Crippen molar-refractivity contribution in [1.29, 1.82) is 0 Å². The lowest BCUT2D eigenvalue weighted by Crippen LogP contribution is -2.42. The van der Waals surface area contributed by atoms with Gasteiger partial charge in [0.1, 0.15) is 5.75 Å². The molecule has 2 atom stereocenters. The van der Waals surface area contributed by atoms with E-state index in [1.54, 1.807) is 4.90 Å². The van der Waals surface area contributed by atoms with Crippen LogP contribution in [0, 0.1) is 5.92 Å². The Bertz CT molecular complexity index is 607. The van der Waals surface area contributed by atoms with Crippen molar-refractivity contribution in [3.8, 4) is 5.75 Å². The van der Waals surface area contributed by atoms with Crippen LogP contribution >= 0.6 is 15.9 Å². The summed E-state index contributed by atoms with van der Waals surface area (Å²) in [6.07, 6.45) is 1.21. The minimum absolute atomic E-state index is 0.113. The van der Waals surface area contributed by atoms with E-state index in [0.717, 1.165) is 15.8 Å². The Kier molecular flexibility index (Phi) is 4.24. The monoisotopic (exact) mass is 368 g/mol. The second-order valence-corrected chi connectivity index (χ2v) is 6.51. The number of carboxylic acids is 1. The van der Waals surface area contributed by atoms with Crippen LogP contribution < -0.4 is 10.1 Å². The first-order valence-corrected chi connectivity index (χ1v) is 8.04. The number of benzene rings is 1. The van der Waals surface area contributed by atoms with Crippen LogP contribution in [0.2, 0.25) is 0 Å². The minimum atomic E-state index is -0.837. The summed E-state index contributed by atoms with van der Waals surface area (Å²) >= 11 is 3.43. The molecular formula is C15H17BrN2O4. The summed E-state index contributed by atoms with van der Waals surface area (Å²) in [5.41, 5.74) is 0.947. The van der Waals surface area contributed by atoms with E-state index in [4.69, 9.17) is 9.84 Å². The first kappa shape index (κ1) is 15.1. The maximum atomic E-state index is 12.3. The number of nitrogens with one attached hydrogen (secondary N) is 1. The van der Waals surface area contributed by atoms with Gasteiger partial charge < -0.3 is 20.1 Å². The molecule has 0 radical (unpaired) electrons. The summed E-state index contributed by atoms with van der Waals surface area (Å²) in [5.74, 6) is -0.512. The molecule has 2 aliphatic rings. The number of carbonyl (C=O) groups is 2. The Morgan fingerprint density at radius 2 is 2.18 bits per heavy atom. The molecule has 3 rings (SSSR count). The van der Waals surface area contributed by atoms with Gasteiger partial charge in [0.05, 0.1) is 18.6 Å². The van der Waals surface area contributed by atoms with Gasteiger partial charge in [-0.25, -0.2) is 4.79 Å². The van der Waals surface area contributed by atoms with Crippen LogP contribution in [0.25, 0.3) is 0 Å². The van der Waals surface area contributed by atoms with Crippen molar-refractivity contribution < 1.29 is 19.4 Å². The number of hydrogen-bond acceptors (Lipinski definition) is 3. The van der Waals surface area contributed by atoms with Crippen LogP contribution in [0.5, 0.6) is 5.75 Å². The van der Waals surface area contributed by atoms with Gasteiger partial charge in [0.2, 0.25) is 0 Å². The third-order valence-corrected chi connectivity index (χ3v) is 4.63. The highest BCUT2D eigenvalue weighted by Crippen LogP contribution is 2.34. The van der Waals surface area contributed by atoms with Crippen LogP contribution in [0.15, 0.2) is 22.7 Å². The molecule has 2 heterocycles. The highest BCUT2D eigenvalue weighted by atomic mass is 79.9. The SMILES string of the molecule is O=C(O)C1CCN(C(=O)NC2CCOc3ccc(Br)cc32)C1. The van der Waals surface area contributed by atoms with E-state index >= 15 is 0 Å². The van der Waals surface area contributed by atoms with E-state index in [1.807, 2.05) is 18.2 Å². The molecule has 22 heavy (non-hydrogen) atoms. The fourth-order valence-corrected chi connectivity index (χ4v) is 3.28. The molecule has 1 aromatic rings. The van der Waals surface area contributed by atoms with E-state index in [-0.39, 0.29) is 18.6 Å². The van der Waals surface area contributed by atoms with Gasteiger partial charge in [0, 0.05) is 29.5 Å². The fraction of sp³-hybridized carbons (Fsp3) is 0.467. The van der Waals surface area contributed by atoms with Crippen molar-refractivity contribution >= 4 is 27.9 Å². The smallest absolute Gasteiger partial charge is 0.317 e. The summed E-state index contributed by atoms with van der Waals surface area (Å²) < 4.78 is 6.53. The minimum Gasteiger partial charge on any atom is -0.493 e. The van der Waals surface area contributed by atoms with Gasteiger partial charge in [0.15, 0.2) is 0 Å². The predicted molar refractivity (Wildman–Crippen MR) is 82.8 cm³/mol. The number of halogens is 1. The third-order valence-electron chi connectivity index (χ3n) is 4.13. The molecule has 2 aliphatic heterocycles. The van der Waals surface area contributed by atoms with Crippen molar-refractivity contribution in [2.75, 3.05) is 19.7 Å². The van der Waals surface area contributed by atoms with Crippen LogP contribution in [0.1, 0.15) is 24.4 Å². The topological polar surface area (TPSA) is 78.9 Å². The first-order chi connectivity index (χ1) is 10.5.